The van der Waals surface area contributed by atoms with Gasteiger partial charge in [0.15, 0.2) is 5.16 Å². The zero-order chi connectivity index (χ0) is 13.2. The van der Waals surface area contributed by atoms with Crippen LogP contribution in [0.25, 0.3) is 0 Å². The summed E-state index contributed by atoms with van der Waals surface area (Å²) in [6.45, 7) is 6.00. The van der Waals surface area contributed by atoms with Crippen LogP contribution in [0.2, 0.25) is 0 Å². The zero-order valence-electron chi connectivity index (χ0n) is 10.6. The van der Waals surface area contributed by atoms with Crippen molar-refractivity contribution in [2.45, 2.75) is 37.2 Å². The molecule has 0 fully saturated rings. The molecule has 7 heteroatoms. The molecule has 6 nitrogen and oxygen atoms in total. The highest BCUT2D eigenvalue weighted by Gasteiger charge is 2.30. The Morgan fingerprint density at radius 2 is 2.18 bits per heavy atom. The summed E-state index contributed by atoms with van der Waals surface area (Å²) < 4.78 is 1.41. The molecule has 0 spiro atoms. The fourth-order valence-electron chi connectivity index (χ4n) is 1.36. The molecule has 1 rings (SSSR count). The predicted octanol–water partition coefficient (Wildman–Crippen LogP) is -0.0652. The molecule has 0 aliphatic heterocycles. The molecule has 1 heterocycles. The minimum absolute atomic E-state index is 0.0514. The lowest BCUT2D eigenvalue weighted by Crippen LogP contribution is -2.45. The third-order valence-electron chi connectivity index (χ3n) is 2.68. The van der Waals surface area contributed by atoms with E-state index in [-0.39, 0.29) is 29.0 Å². The van der Waals surface area contributed by atoms with Crippen LogP contribution in [0.4, 0.5) is 0 Å². The van der Waals surface area contributed by atoms with Crippen LogP contribution in [0.3, 0.4) is 0 Å². The summed E-state index contributed by atoms with van der Waals surface area (Å²) in [5.74, 6) is 0. The van der Waals surface area contributed by atoms with Crippen LogP contribution in [-0.2, 0) is 7.05 Å². The standard InChI is InChI=1S/C10H20N4O2S/c1-10(2,3)7(11)6(5-15)17-9-13-12-8(16)14(9)4/h6-7,15H,5,11H2,1-4H3,(H,12,16). The first-order valence-electron chi connectivity index (χ1n) is 5.42. The highest BCUT2D eigenvalue weighted by molar-refractivity contribution is 7.99. The predicted molar refractivity (Wildman–Crippen MR) is 68.0 cm³/mol. The number of nitrogens with two attached hydrogens (primary N) is 1. The Hall–Kier alpha value is -0.790. The van der Waals surface area contributed by atoms with Crippen LogP contribution in [0.15, 0.2) is 9.95 Å². The van der Waals surface area contributed by atoms with Gasteiger partial charge in [0, 0.05) is 13.1 Å². The van der Waals surface area contributed by atoms with Crippen molar-refractivity contribution in [3.63, 3.8) is 0 Å². The Labute approximate surface area is 105 Å². The lowest BCUT2D eigenvalue weighted by Gasteiger charge is -2.32. The Kier molecular flexibility index (Phi) is 4.40. The normalized spacial score (nSPS) is 15.9. The maximum absolute atomic E-state index is 11.2. The fourth-order valence-corrected chi connectivity index (χ4v) is 2.59. The first-order valence-corrected chi connectivity index (χ1v) is 6.30. The summed E-state index contributed by atoms with van der Waals surface area (Å²) in [5, 5.41) is 16.0. The quantitative estimate of drug-likeness (QED) is 0.659. The Bertz CT molecular complexity index is 421. The molecule has 0 aliphatic rings. The van der Waals surface area contributed by atoms with E-state index < -0.39 is 0 Å². The Morgan fingerprint density at radius 1 is 1.59 bits per heavy atom. The van der Waals surface area contributed by atoms with E-state index in [9.17, 15) is 9.90 Å². The van der Waals surface area contributed by atoms with Crippen LogP contribution in [0.1, 0.15) is 20.8 Å². The molecule has 17 heavy (non-hydrogen) atoms. The molecular weight excluding hydrogens is 240 g/mol. The summed E-state index contributed by atoms with van der Waals surface area (Å²) in [6.07, 6.45) is 0. The summed E-state index contributed by atoms with van der Waals surface area (Å²) >= 11 is 1.32. The topological polar surface area (TPSA) is 96.9 Å². The van der Waals surface area contributed by atoms with Gasteiger partial charge in [0.1, 0.15) is 0 Å². The van der Waals surface area contributed by atoms with Crippen LogP contribution >= 0.6 is 11.8 Å². The van der Waals surface area contributed by atoms with Crippen LogP contribution in [0.5, 0.6) is 0 Å². The molecule has 0 aliphatic carbocycles. The number of hydrogen-bond acceptors (Lipinski definition) is 5. The van der Waals surface area contributed by atoms with Crippen molar-refractivity contribution in [3.8, 4) is 0 Å². The number of hydrogen-bond donors (Lipinski definition) is 3. The number of rotatable bonds is 4. The SMILES string of the molecule is Cn1c(SC(CO)C(N)C(C)(C)C)n[nH]c1=O. The molecule has 2 unspecified atom stereocenters. The van der Waals surface area contributed by atoms with E-state index in [2.05, 4.69) is 10.2 Å². The number of thioether (sulfide) groups is 1. The monoisotopic (exact) mass is 260 g/mol. The summed E-state index contributed by atoms with van der Waals surface area (Å²) in [4.78, 5) is 11.2. The van der Waals surface area contributed by atoms with Crippen molar-refractivity contribution in [2.24, 2.45) is 18.2 Å². The van der Waals surface area contributed by atoms with Crippen LogP contribution in [-0.4, -0.2) is 37.8 Å². The number of nitrogens with one attached hydrogen (secondary N) is 1. The minimum atomic E-state index is -0.270. The summed E-state index contributed by atoms with van der Waals surface area (Å²) in [7, 11) is 1.63. The molecule has 2 atom stereocenters. The lowest BCUT2D eigenvalue weighted by atomic mass is 9.85. The van der Waals surface area contributed by atoms with Gasteiger partial charge >= 0.3 is 5.69 Å². The van der Waals surface area contributed by atoms with Gasteiger partial charge in [0.2, 0.25) is 0 Å². The Balaban J connectivity index is 2.84. The molecule has 0 radical (unpaired) electrons. The number of aliphatic hydroxyl groups is 1. The molecule has 98 valence electrons. The van der Waals surface area contributed by atoms with Gasteiger partial charge in [-0.05, 0) is 5.41 Å². The van der Waals surface area contributed by atoms with Gasteiger partial charge in [-0.2, -0.15) is 0 Å². The molecule has 0 amide bonds. The van der Waals surface area contributed by atoms with E-state index in [0.29, 0.717) is 5.16 Å². The number of aliphatic hydroxyl groups excluding tert-OH is 1. The summed E-state index contributed by atoms with van der Waals surface area (Å²) in [6, 6.07) is -0.190. The second-order valence-electron chi connectivity index (χ2n) is 5.10. The highest BCUT2D eigenvalue weighted by Crippen LogP contribution is 2.29. The van der Waals surface area contributed by atoms with E-state index in [0.717, 1.165) is 0 Å². The van der Waals surface area contributed by atoms with Gasteiger partial charge in [-0.25, -0.2) is 9.89 Å². The van der Waals surface area contributed by atoms with Gasteiger partial charge in [0.25, 0.3) is 0 Å². The number of H-pyrrole nitrogens is 1. The Morgan fingerprint density at radius 3 is 2.53 bits per heavy atom. The minimum Gasteiger partial charge on any atom is -0.395 e. The maximum Gasteiger partial charge on any atom is 0.343 e. The van der Waals surface area contributed by atoms with E-state index >= 15 is 0 Å². The lowest BCUT2D eigenvalue weighted by molar-refractivity contribution is 0.233. The third-order valence-corrected chi connectivity index (χ3v) is 4.00. The van der Waals surface area contributed by atoms with E-state index in [1.165, 1.54) is 16.3 Å². The van der Waals surface area contributed by atoms with Gasteiger partial charge in [0.05, 0.1) is 11.9 Å². The smallest absolute Gasteiger partial charge is 0.343 e. The van der Waals surface area contributed by atoms with Crippen molar-refractivity contribution in [1.29, 1.82) is 0 Å². The maximum atomic E-state index is 11.2. The largest absolute Gasteiger partial charge is 0.395 e. The van der Waals surface area contributed by atoms with Gasteiger partial charge in [-0.15, -0.1) is 5.10 Å². The third kappa shape index (κ3) is 3.34. The number of nitrogens with zero attached hydrogens (tertiary/aromatic N) is 2. The van der Waals surface area contributed by atoms with Crippen molar-refractivity contribution in [2.75, 3.05) is 6.61 Å². The molecule has 1 aromatic heterocycles. The van der Waals surface area contributed by atoms with Crippen LogP contribution in [0, 0.1) is 5.41 Å². The molecule has 0 bridgehead atoms. The van der Waals surface area contributed by atoms with E-state index in [1.54, 1.807) is 7.05 Å². The van der Waals surface area contributed by atoms with Crippen LogP contribution < -0.4 is 11.4 Å². The fraction of sp³-hybridized carbons (Fsp3) is 0.800. The molecule has 0 saturated heterocycles. The average Bonchev–Trinajstić information content (AvgIpc) is 2.55. The highest BCUT2D eigenvalue weighted by atomic mass is 32.2. The summed E-state index contributed by atoms with van der Waals surface area (Å²) in [5.41, 5.74) is 5.72. The first kappa shape index (κ1) is 14.3. The van der Waals surface area contributed by atoms with Gasteiger partial charge in [-0.3, -0.25) is 4.57 Å². The number of aromatic amines is 1. The zero-order valence-corrected chi connectivity index (χ0v) is 11.4. The number of aromatic nitrogens is 3. The molecular formula is C10H20N4O2S. The van der Waals surface area contributed by atoms with Gasteiger partial charge < -0.3 is 10.8 Å². The van der Waals surface area contributed by atoms with Crippen molar-refractivity contribution in [3.05, 3.63) is 10.5 Å². The van der Waals surface area contributed by atoms with Gasteiger partial charge in [-0.1, -0.05) is 32.5 Å². The second-order valence-corrected chi connectivity index (χ2v) is 6.31. The van der Waals surface area contributed by atoms with E-state index in [4.69, 9.17) is 5.73 Å². The van der Waals surface area contributed by atoms with E-state index in [1.807, 2.05) is 20.8 Å². The van der Waals surface area contributed by atoms with Crippen molar-refractivity contribution < 1.29 is 5.11 Å². The average molecular weight is 260 g/mol. The first-order chi connectivity index (χ1) is 7.77. The molecule has 0 saturated carbocycles. The molecule has 0 aromatic carbocycles. The molecule has 4 N–H and O–H groups in total. The van der Waals surface area contributed by atoms with Crippen molar-refractivity contribution >= 4 is 11.8 Å². The van der Waals surface area contributed by atoms with Crippen molar-refractivity contribution in [1.82, 2.24) is 14.8 Å². The second kappa shape index (κ2) is 5.24. The molecule has 1 aromatic rings.